The minimum absolute atomic E-state index is 0.680. The van der Waals surface area contributed by atoms with Crippen LogP contribution < -0.4 is 0 Å². The minimum atomic E-state index is -1.20. The van der Waals surface area contributed by atoms with Crippen molar-refractivity contribution in [2.24, 2.45) is 0 Å². The van der Waals surface area contributed by atoms with Crippen molar-refractivity contribution >= 4 is 11.9 Å². The van der Waals surface area contributed by atoms with Gasteiger partial charge in [0.15, 0.2) is 0 Å². The topological polar surface area (TPSA) is 63.6 Å². The Balaban J connectivity index is 3.84. The lowest BCUT2D eigenvalue weighted by atomic mass is 10.5. The number of esters is 1. The third-order valence-electron chi connectivity index (χ3n) is 0.616. The first-order valence-electron chi connectivity index (χ1n) is 2.70. The van der Waals surface area contributed by atoms with Gasteiger partial charge in [-0.3, -0.25) is 0 Å². The molecule has 0 aliphatic carbocycles. The van der Waals surface area contributed by atoms with Crippen LogP contribution in [0.3, 0.4) is 0 Å². The summed E-state index contributed by atoms with van der Waals surface area (Å²) in [5, 5.41) is 8.06. The molecule has 0 fully saturated rings. The SMILES string of the molecule is CC#COC(=O)/C=C/C(=O)O. The molecule has 0 aromatic rings. The Labute approximate surface area is 63.5 Å². The van der Waals surface area contributed by atoms with E-state index in [1.165, 1.54) is 6.92 Å². The Kier molecular flexibility index (Phi) is 4.25. The molecule has 0 aliphatic heterocycles. The molecule has 0 atom stereocenters. The van der Waals surface area contributed by atoms with Gasteiger partial charge in [-0.05, 0) is 0 Å². The second kappa shape index (κ2) is 5.06. The van der Waals surface area contributed by atoms with Crippen molar-refractivity contribution in [1.29, 1.82) is 0 Å². The first-order chi connectivity index (χ1) is 5.16. The molecule has 4 heteroatoms. The summed E-state index contributed by atoms with van der Waals surface area (Å²) >= 11 is 0. The van der Waals surface area contributed by atoms with E-state index in [2.05, 4.69) is 10.7 Å². The van der Waals surface area contributed by atoms with E-state index in [0.29, 0.717) is 6.08 Å². The van der Waals surface area contributed by atoms with Crippen LogP contribution in [0.1, 0.15) is 6.92 Å². The number of carboxylic acids is 1. The maximum absolute atomic E-state index is 10.4. The van der Waals surface area contributed by atoms with Crippen LogP contribution in [0.2, 0.25) is 0 Å². The predicted molar refractivity (Wildman–Crippen MR) is 36.3 cm³/mol. The molecule has 0 unspecified atom stereocenters. The van der Waals surface area contributed by atoms with Gasteiger partial charge in [-0.25, -0.2) is 9.59 Å². The highest BCUT2D eigenvalue weighted by molar-refractivity contribution is 5.91. The normalized spacial score (nSPS) is 8.45. The van der Waals surface area contributed by atoms with E-state index in [1.807, 2.05) is 6.11 Å². The van der Waals surface area contributed by atoms with Gasteiger partial charge in [-0.2, -0.15) is 0 Å². The summed E-state index contributed by atoms with van der Waals surface area (Å²) in [6.45, 7) is 1.49. The van der Waals surface area contributed by atoms with Gasteiger partial charge in [-0.15, -0.1) is 0 Å². The van der Waals surface area contributed by atoms with Crippen LogP contribution in [0.4, 0.5) is 0 Å². The van der Waals surface area contributed by atoms with Crippen LogP contribution in [-0.4, -0.2) is 17.0 Å². The van der Waals surface area contributed by atoms with Crippen LogP contribution in [0.5, 0.6) is 0 Å². The molecular formula is C7H6O4. The summed E-state index contributed by atoms with van der Waals surface area (Å²) in [5.74, 6) is 0.319. The number of carbonyl (C=O) groups is 2. The molecule has 0 aromatic heterocycles. The van der Waals surface area contributed by atoms with Gasteiger partial charge >= 0.3 is 11.9 Å². The zero-order valence-corrected chi connectivity index (χ0v) is 5.83. The number of hydrogen-bond acceptors (Lipinski definition) is 3. The van der Waals surface area contributed by atoms with E-state index in [4.69, 9.17) is 5.11 Å². The lowest BCUT2D eigenvalue weighted by molar-refractivity contribution is -0.134. The van der Waals surface area contributed by atoms with Gasteiger partial charge in [0.05, 0.1) is 0 Å². The number of aliphatic carboxylic acids is 1. The number of rotatable bonds is 2. The third kappa shape index (κ3) is 6.12. The molecule has 11 heavy (non-hydrogen) atoms. The van der Waals surface area contributed by atoms with Gasteiger partial charge in [0, 0.05) is 19.1 Å². The second-order valence-corrected chi connectivity index (χ2v) is 1.44. The van der Waals surface area contributed by atoms with E-state index in [9.17, 15) is 9.59 Å². The molecule has 0 radical (unpaired) electrons. The lowest BCUT2D eigenvalue weighted by Gasteiger charge is -1.84. The average molecular weight is 154 g/mol. The monoisotopic (exact) mass is 154 g/mol. The average Bonchev–Trinajstić information content (AvgIpc) is 1.97. The zero-order valence-electron chi connectivity index (χ0n) is 5.83. The summed E-state index contributed by atoms with van der Waals surface area (Å²) < 4.78 is 4.19. The molecule has 0 bridgehead atoms. The summed E-state index contributed by atoms with van der Waals surface area (Å²) in [6.07, 6.45) is 3.49. The van der Waals surface area contributed by atoms with Crippen LogP contribution in [-0.2, 0) is 14.3 Å². The molecule has 0 saturated heterocycles. The number of ether oxygens (including phenoxy) is 1. The Morgan fingerprint density at radius 1 is 1.45 bits per heavy atom. The Morgan fingerprint density at radius 2 is 2.09 bits per heavy atom. The van der Waals surface area contributed by atoms with Gasteiger partial charge in [0.2, 0.25) is 0 Å². The van der Waals surface area contributed by atoms with Crippen LogP contribution >= 0.6 is 0 Å². The fourth-order valence-corrected chi connectivity index (χ4v) is 0.275. The number of carbonyl (C=O) groups excluding carboxylic acids is 1. The number of carboxylic acid groups (broad SMARTS) is 1. The summed E-state index contributed by atoms with van der Waals surface area (Å²) in [4.78, 5) is 20.3. The van der Waals surface area contributed by atoms with Crippen molar-refractivity contribution in [3.8, 4) is 12.0 Å². The van der Waals surface area contributed by atoms with Crippen molar-refractivity contribution in [2.45, 2.75) is 6.92 Å². The van der Waals surface area contributed by atoms with Crippen molar-refractivity contribution in [2.75, 3.05) is 0 Å². The molecule has 0 amide bonds. The van der Waals surface area contributed by atoms with Crippen molar-refractivity contribution in [3.05, 3.63) is 12.2 Å². The zero-order chi connectivity index (χ0) is 8.69. The quantitative estimate of drug-likeness (QED) is 0.349. The van der Waals surface area contributed by atoms with Gasteiger partial charge < -0.3 is 9.84 Å². The van der Waals surface area contributed by atoms with Gasteiger partial charge in [-0.1, -0.05) is 5.92 Å². The Bertz CT molecular complexity index is 241. The van der Waals surface area contributed by atoms with Crippen molar-refractivity contribution < 1.29 is 19.4 Å². The lowest BCUT2D eigenvalue weighted by Crippen LogP contribution is -1.96. The molecule has 58 valence electrons. The molecule has 0 saturated carbocycles. The largest absolute Gasteiger partial charge is 0.478 e. The van der Waals surface area contributed by atoms with Crippen molar-refractivity contribution in [1.82, 2.24) is 0 Å². The molecule has 0 aliphatic rings. The van der Waals surface area contributed by atoms with E-state index in [1.54, 1.807) is 0 Å². The van der Waals surface area contributed by atoms with Crippen molar-refractivity contribution in [3.63, 3.8) is 0 Å². The fraction of sp³-hybridized carbons (Fsp3) is 0.143. The molecule has 0 spiro atoms. The molecule has 0 aromatic carbocycles. The molecule has 4 nitrogen and oxygen atoms in total. The standard InChI is InChI=1S/C7H6O4/c1-2-5-11-7(10)4-3-6(8)9/h3-4H,1H3,(H,8,9)/b4-3+. The Morgan fingerprint density at radius 3 is 2.55 bits per heavy atom. The predicted octanol–water partition coefficient (Wildman–Crippen LogP) is 0.151. The molecular weight excluding hydrogens is 148 g/mol. The fourth-order valence-electron chi connectivity index (χ4n) is 0.275. The van der Waals surface area contributed by atoms with E-state index < -0.39 is 11.9 Å². The smallest absolute Gasteiger partial charge is 0.344 e. The van der Waals surface area contributed by atoms with Gasteiger partial charge in [0.25, 0.3) is 0 Å². The summed E-state index contributed by atoms with van der Waals surface area (Å²) in [7, 11) is 0. The summed E-state index contributed by atoms with van der Waals surface area (Å²) in [5.41, 5.74) is 0. The third-order valence-corrected chi connectivity index (χ3v) is 0.616. The maximum Gasteiger partial charge on any atom is 0.344 e. The second-order valence-electron chi connectivity index (χ2n) is 1.44. The molecule has 1 N–H and O–H groups in total. The number of hydrogen-bond donors (Lipinski definition) is 1. The van der Waals surface area contributed by atoms with Gasteiger partial charge in [0.1, 0.15) is 6.11 Å². The van der Waals surface area contributed by atoms with Crippen LogP contribution in [0.25, 0.3) is 0 Å². The van der Waals surface area contributed by atoms with E-state index in [-0.39, 0.29) is 0 Å². The molecule has 0 rings (SSSR count). The highest BCUT2D eigenvalue weighted by Crippen LogP contribution is 1.79. The maximum atomic E-state index is 10.4. The van der Waals surface area contributed by atoms with Crippen LogP contribution in [0, 0.1) is 12.0 Å². The summed E-state index contributed by atoms with van der Waals surface area (Å²) in [6, 6.07) is 0. The first kappa shape index (κ1) is 9.24. The Hall–Kier alpha value is -1.76. The highest BCUT2D eigenvalue weighted by Gasteiger charge is 1.94. The van der Waals surface area contributed by atoms with E-state index in [0.717, 1.165) is 6.08 Å². The minimum Gasteiger partial charge on any atom is -0.478 e. The van der Waals surface area contributed by atoms with Crippen LogP contribution in [0.15, 0.2) is 12.2 Å². The highest BCUT2D eigenvalue weighted by atomic mass is 16.5. The molecule has 0 heterocycles. The first-order valence-corrected chi connectivity index (χ1v) is 2.70. The van der Waals surface area contributed by atoms with E-state index >= 15 is 0 Å².